The minimum absolute atomic E-state index is 0.107. The zero-order chi connectivity index (χ0) is 10.7. The number of carboxylic acid groups (broad SMARTS) is 1. The molecule has 0 aliphatic carbocycles. The van der Waals surface area contributed by atoms with Crippen LogP contribution < -0.4 is 0 Å². The van der Waals surface area contributed by atoms with E-state index in [0.717, 1.165) is 6.07 Å². The zero-order valence-electron chi connectivity index (χ0n) is 7.38. The largest absolute Gasteiger partial charge is 0.478 e. The van der Waals surface area contributed by atoms with Gasteiger partial charge in [0.25, 0.3) is 0 Å². The normalized spacial score (nSPS) is 10.2. The van der Waals surface area contributed by atoms with Crippen LogP contribution in [0.4, 0.5) is 8.78 Å². The molecule has 5 heteroatoms. The van der Waals surface area contributed by atoms with E-state index >= 15 is 0 Å². The third-order valence-corrected chi connectivity index (χ3v) is 1.65. The number of carbonyl (C=O) groups is 1. The molecule has 3 nitrogen and oxygen atoms in total. The Balaban J connectivity index is 3.20. The third-order valence-electron chi connectivity index (χ3n) is 1.65. The van der Waals surface area contributed by atoms with Crippen LogP contribution in [0, 0.1) is 11.6 Å². The zero-order valence-corrected chi connectivity index (χ0v) is 7.38. The molecule has 1 aromatic rings. The number of halogens is 2. The molecule has 1 aromatic carbocycles. The maximum absolute atomic E-state index is 13.0. The molecule has 0 aromatic heterocycles. The van der Waals surface area contributed by atoms with E-state index in [1.165, 1.54) is 7.11 Å². The van der Waals surface area contributed by atoms with E-state index in [2.05, 4.69) is 4.74 Å². The summed E-state index contributed by atoms with van der Waals surface area (Å²) in [5.41, 5.74) is -0.402. The molecular weight excluding hydrogens is 194 g/mol. The van der Waals surface area contributed by atoms with Crippen molar-refractivity contribution >= 4 is 5.97 Å². The van der Waals surface area contributed by atoms with Crippen molar-refractivity contribution in [3.05, 3.63) is 34.9 Å². The van der Waals surface area contributed by atoms with Crippen molar-refractivity contribution in [2.45, 2.75) is 6.61 Å². The first-order chi connectivity index (χ1) is 6.56. The van der Waals surface area contributed by atoms with Crippen LogP contribution in [-0.2, 0) is 11.3 Å². The van der Waals surface area contributed by atoms with Gasteiger partial charge in [-0.3, -0.25) is 0 Å². The van der Waals surface area contributed by atoms with Gasteiger partial charge in [0.05, 0.1) is 12.2 Å². The first-order valence-corrected chi connectivity index (χ1v) is 3.76. The van der Waals surface area contributed by atoms with E-state index in [4.69, 9.17) is 5.11 Å². The standard InChI is InChI=1S/C9H8F2O3/c1-14-4-6-2-5(9(12)13)3-7(10)8(6)11/h2-3H,4H2,1H3,(H,12,13). The van der Waals surface area contributed by atoms with E-state index in [1.54, 1.807) is 0 Å². The van der Waals surface area contributed by atoms with Gasteiger partial charge < -0.3 is 9.84 Å². The van der Waals surface area contributed by atoms with E-state index in [-0.39, 0.29) is 17.7 Å². The Morgan fingerprint density at radius 1 is 1.50 bits per heavy atom. The summed E-state index contributed by atoms with van der Waals surface area (Å²) in [6.07, 6.45) is 0. The highest BCUT2D eigenvalue weighted by Crippen LogP contribution is 2.15. The number of aromatic carboxylic acids is 1. The number of carboxylic acids is 1. The monoisotopic (exact) mass is 202 g/mol. The maximum Gasteiger partial charge on any atom is 0.335 e. The Kier molecular flexibility index (Phi) is 3.14. The first kappa shape index (κ1) is 10.6. The molecule has 76 valence electrons. The molecule has 1 N–H and O–H groups in total. The van der Waals surface area contributed by atoms with Crippen LogP contribution in [0.25, 0.3) is 0 Å². The Hall–Kier alpha value is -1.49. The Labute approximate surface area is 78.9 Å². The number of rotatable bonds is 3. The molecule has 0 atom stereocenters. The van der Waals surface area contributed by atoms with Crippen LogP contribution >= 0.6 is 0 Å². The van der Waals surface area contributed by atoms with Crippen molar-refractivity contribution in [3.8, 4) is 0 Å². The molecule has 0 radical (unpaired) electrons. The second-order valence-electron chi connectivity index (χ2n) is 2.67. The predicted octanol–water partition coefficient (Wildman–Crippen LogP) is 1.81. The minimum Gasteiger partial charge on any atom is -0.478 e. The van der Waals surface area contributed by atoms with Gasteiger partial charge in [0, 0.05) is 12.7 Å². The van der Waals surface area contributed by atoms with Crippen molar-refractivity contribution in [1.29, 1.82) is 0 Å². The molecular formula is C9H8F2O3. The van der Waals surface area contributed by atoms with Crippen molar-refractivity contribution < 1.29 is 23.4 Å². The van der Waals surface area contributed by atoms with E-state index in [9.17, 15) is 13.6 Å². The third kappa shape index (κ3) is 2.05. The van der Waals surface area contributed by atoms with Gasteiger partial charge in [-0.2, -0.15) is 0 Å². The lowest BCUT2D eigenvalue weighted by molar-refractivity contribution is 0.0695. The van der Waals surface area contributed by atoms with Gasteiger partial charge in [-0.25, -0.2) is 13.6 Å². The average Bonchev–Trinajstić information content (AvgIpc) is 2.12. The van der Waals surface area contributed by atoms with E-state index in [0.29, 0.717) is 6.07 Å². The van der Waals surface area contributed by atoms with Crippen LogP contribution in [0.5, 0.6) is 0 Å². The lowest BCUT2D eigenvalue weighted by Gasteiger charge is -2.04. The highest BCUT2D eigenvalue weighted by molar-refractivity contribution is 5.87. The SMILES string of the molecule is COCc1cc(C(=O)O)cc(F)c1F. The highest BCUT2D eigenvalue weighted by atomic mass is 19.2. The van der Waals surface area contributed by atoms with Gasteiger partial charge in [-0.15, -0.1) is 0 Å². The van der Waals surface area contributed by atoms with Crippen LogP contribution in [0.3, 0.4) is 0 Å². The fourth-order valence-corrected chi connectivity index (χ4v) is 1.03. The molecule has 1 rings (SSSR count). The van der Waals surface area contributed by atoms with Crippen LogP contribution in [-0.4, -0.2) is 18.2 Å². The topological polar surface area (TPSA) is 46.5 Å². The van der Waals surface area contributed by atoms with Gasteiger partial charge >= 0.3 is 5.97 Å². The summed E-state index contributed by atoms with van der Waals surface area (Å²) in [6, 6.07) is 1.68. The molecule has 14 heavy (non-hydrogen) atoms. The van der Waals surface area contributed by atoms with Crippen LogP contribution in [0.15, 0.2) is 12.1 Å². The molecule has 0 saturated carbocycles. The van der Waals surface area contributed by atoms with Crippen LogP contribution in [0.2, 0.25) is 0 Å². The second kappa shape index (κ2) is 4.15. The molecule has 0 saturated heterocycles. The second-order valence-corrected chi connectivity index (χ2v) is 2.67. The number of hydrogen-bond donors (Lipinski definition) is 1. The number of hydrogen-bond acceptors (Lipinski definition) is 2. The average molecular weight is 202 g/mol. The van der Waals surface area contributed by atoms with Gasteiger partial charge in [0.15, 0.2) is 11.6 Å². The first-order valence-electron chi connectivity index (χ1n) is 3.76. The van der Waals surface area contributed by atoms with Crippen molar-refractivity contribution in [1.82, 2.24) is 0 Å². The fourth-order valence-electron chi connectivity index (χ4n) is 1.03. The van der Waals surface area contributed by atoms with Crippen LogP contribution in [0.1, 0.15) is 15.9 Å². The molecule has 0 unspecified atom stereocenters. The summed E-state index contributed by atoms with van der Waals surface area (Å²) in [4.78, 5) is 10.5. The Morgan fingerprint density at radius 2 is 2.14 bits per heavy atom. The Bertz CT molecular complexity index is 363. The lowest BCUT2D eigenvalue weighted by Crippen LogP contribution is -2.03. The minimum atomic E-state index is -1.30. The maximum atomic E-state index is 13.0. The highest BCUT2D eigenvalue weighted by Gasteiger charge is 2.13. The summed E-state index contributed by atoms with van der Waals surface area (Å²) in [6.45, 7) is -0.163. The van der Waals surface area contributed by atoms with Crippen molar-refractivity contribution in [3.63, 3.8) is 0 Å². The van der Waals surface area contributed by atoms with Crippen molar-refractivity contribution in [2.75, 3.05) is 7.11 Å². The van der Waals surface area contributed by atoms with Crippen molar-refractivity contribution in [2.24, 2.45) is 0 Å². The van der Waals surface area contributed by atoms with Gasteiger partial charge in [-0.1, -0.05) is 0 Å². The smallest absolute Gasteiger partial charge is 0.335 e. The Morgan fingerprint density at radius 3 is 2.64 bits per heavy atom. The summed E-state index contributed by atoms with van der Waals surface area (Å²) < 4.78 is 30.4. The fraction of sp³-hybridized carbons (Fsp3) is 0.222. The lowest BCUT2D eigenvalue weighted by atomic mass is 10.1. The predicted molar refractivity (Wildman–Crippen MR) is 44.0 cm³/mol. The molecule has 0 fully saturated rings. The van der Waals surface area contributed by atoms with Gasteiger partial charge in [0.1, 0.15) is 0 Å². The molecule has 0 bridgehead atoms. The van der Waals surface area contributed by atoms with Gasteiger partial charge in [-0.05, 0) is 12.1 Å². The van der Waals surface area contributed by atoms with E-state index in [1.807, 2.05) is 0 Å². The molecule has 0 heterocycles. The van der Waals surface area contributed by atoms with Gasteiger partial charge in [0.2, 0.25) is 0 Å². The molecule has 0 aliphatic heterocycles. The molecule has 0 aliphatic rings. The summed E-state index contributed by atoms with van der Waals surface area (Å²) in [5.74, 6) is -3.56. The number of benzene rings is 1. The quantitative estimate of drug-likeness (QED) is 0.813. The molecule has 0 spiro atoms. The summed E-state index contributed by atoms with van der Waals surface area (Å²) in [7, 11) is 1.31. The van der Waals surface area contributed by atoms with E-state index < -0.39 is 17.6 Å². The number of methoxy groups -OCH3 is 1. The molecule has 0 amide bonds. The number of ether oxygens (including phenoxy) is 1. The summed E-state index contributed by atoms with van der Waals surface area (Å²) >= 11 is 0. The summed E-state index contributed by atoms with van der Waals surface area (Å²) in [5, 5.41) is 8.56.